The molecule has 2 bridgehead atoms. The summed E-state index contributed by atoms with van der Waals surface area (Å²) in [6, 6.07) is 12.2. The van der Waals surface area contributed by atoms with Crippen LogP contribution < -0.4 is 13.8 Å². The number of rotatable bonds is 6. The number of nitrogens with zero attached hydrogens (tertiary/aromatic N) is 1. The van der Waals surface area contributed by atoms with Crippen LogP contribution in [-0.2, 0) is 21.0 Å². The molecule has 1 aliphatic heterocycles. The maximum absolute atomic E-state index is 14.3. The zero-order valence-corrected chi connectivity index (χ0v) is 23.3. The fourth-order valence-corrected chi connectivity index (χ4v) is 8.28. The Labute approximate surface area is 239 Å². The number of carboxylic acids is 1. The van der Waals surface area contributed by atoms with Gasteiger partial charge in [0.15, 0.2) is 0 Å². The lowest BCUT2D eigenvalue weighted by molar-refractivity contribution is -0.148. The molecule has 0 radical (unpaired) electrons. The maximum Gasteiger partial charge on any atom is 0.416 e. The highest BCUT2D eigenvalue weighted by Crippen LogP contribution is 2.64. The minimum atomic E-state index is -4.76. The molecular weight excluding hydrogens is 578 g/mol. The number of aliphatic carboxylic acids is 1. The molecule has 12 heteroatoms. The number of hydrogen-bond acceptors (Lipinski definition) is 5. The minimum absolute atomic E-state index is 0.0845. The lowest BCUT2D eigenvalue weighted by Gasteiger charge is -2.43. The summed E-state index contributed by atoms with van der Waals surface area (Å²) in [6.45, 7) is -0.225. The van der Waals surface area contributed by atoms with Crippen molar-refractivity contribution >= 4 is 21.7 Å². The number of anilines is 1. The Bertz CT molecular complexity index is 1680. The van der Waals surface area contributed by atoms with Crippen molar-refractivity contribution in [1.82, 2.24) is 0 Å². The van der Waals surface area contributed by atoms with Crippen LogP contribution in [-0.4, -0.2) is 39.3 Å². The van der Waals surface area contributed by atoms with Crippen molar-refractivity contribution in [3.8, 4) is 22.6 Å². The van der Waals surface area contributed by atoms with Crippen LogP contribution in [0.5, 0.6) is 11.5 Å². The van der Waals surface area contributed by atoms with Crippen LogP contribution in [0.15, 0.2) is 65.6 Å². The van der Waals surface area contributed by atoms with Crippen LogP contribution in [0.1, 0.15) is 37.7 Å². The highest BCUT2D eigenvalue weighted by Gasteiger charge is 2.62. The van der Waals surface area contributed by atoms with E-state index < -0.39 is 55.4 Å². The molecular formula is C30H27F4NO6S. The molecule has 1 atom stereocenters. The smallest absolute Gasteiger partial charge is 0.416 e. The molecule has 7 nitrogen and oxygen atoms in total. The third-order valence-electron chi connectivity index (χ3n) is 9.05. The lowest BCUT2D eigenvalue weighted by atomic mass is 9.78. The number of ether oxygens (including phenoxy) is 2. The molecule has 2 aliphatic carbocycles. The van der Waals surface area contributed by atoms with Gasteiger partial charge in [-0.15, -0.1) is 0 Å². The molecule has 1 heterocycles. The maximum atomic E-state index is 14.3. The predicted octanol–water partition coefficient (Wildman–Crippen LogP) is 6.51. The highest BCUT2D eigenvalue weighted by atomic mass is 32.2. The molecule has 3 aliphatic rings. The van der Waals surface area contributed by atoms with Crippen LogP contribution in [0, 0.1) is 16.6 Å². The molecule has 3 aromatic carbocycles. The molecule has 6 rings (SSSR count). The second-order valence-corrected chi connectivity index (χ2v) is 13.2. The van der Waals surface area contributed by atoms with Crippen molar-refractivity contribution in [2.24, 2.45) is 10.8 Å². The molecule has 2 saturated carbocycles. The quantitative estimate of drug-likeness (QED) is 0.322. The van der Waals surface area contributed by atoms with E-state index in [-0.39, 0.29) is 23.7 Å². The number of alkyl halides is 3. The molecule has 0 unspecified atom stereocenters. The molecule has 1 N–H and O–H groups in total. The zero-order valence-electron chi connectivity index (χ0n) is 22.4. The van der Waals surface area contributed by atoms with Gasteiger partial charge in [0.2, 0.25) is 0 Å². The molecule has 3 aromatic rings. The van der Waals surface area contributed by atoms with E-state index in [9.17, 15) is 35.9 Å². The Kier molecular flexibility index (Phi) is 6.49. The molecule has 0 saturated heterocycles. The van der Waals surface area contributed by atoms with Crippen molar-refractivity contribution < 1.29 is 45.4 Å². The van der Waals surface area contributed by atoms with E-state index in [1.807, 2.05) is 0 Å². The molecule has 0 amide bonds. The normalized spacial score (nSPS) is 25.2. The van der Waals surface area contributed by atoms with Gasteiger partial charge in [0.1, 0.15) is 23.4 Å². The van der Waals surface area contributed by atoms with E-state index in [1.54, 1.807) is 18.2 Å². The van der Waals surface area contributed by atoms with Gasteiger partial charge in [0.05, 0.1) is 35.2 Å². The second kappa shape index (κ2) is 9.62. The van der Waals surface area contributed by atoms with Crippen molar-refractivity contribution in [1.29, 1.82) is 0 Å². The Morgan fingerprint density at radius 3 is 2.40 bits per heavy atom. The third kappa shape index (κ3) is 4.56. The number of methoxy groups -OCH3 is 1. The largest absolute Gasteiger partial charge is 0.497 e. The first-order chi connectivity index (χ1) is 19.8. The van der Waals surface area contributed by atoms with Gasteiger partial charge >= 0.3 is 12.1 Å². The number of sulfonamides is 1. The van der Waals surface area contributed by atoms with Crippen molar-refractivity contribution in [3.05, 3.63) is 72.0 Å². The minimum Gasteiger partial charge on any atom is -0.497 e. The molecule has 0 spiro atoms. The first-order valence-electron chi connectivity index (χ1n) is 13.4. The summed E-state index contributed by atoms with van der Waals surface area (Å²) in [6.07, 6.45) is -3.22. The van der Waals surface area contributed by atoms with Crippen molar-refractivity contribution in [2.75, 3.05) is 18.0 Å². The highest BCUT2D eigenvalue weighted by molar-refractivity contribution is 7.92. The van der Waals surface area contributed by atoms with E-state index >= 15 is 0 Å². The Morgan fingerprint density at radius 2 is 1.76 bits per heavy atom. The van der Waals surface area contributed by atoms with Crippen LogP contribution >= 0.6 is 0 Å². The van der Waals surface area contributed by atoms with E-state index in [1.165, 1.54) is 25.3 Å². The van der Waals surface area contributed by atoms with E-state index in [0.29, 0.717) is 49.3 Å². The number of carbonyl (C=O) groups is 1. The Morgan fingerprint density at radius 1 is 1.02 bits per heavy atom. The van der Waals surface area contributed by atoms with Gasteiger partial charge in [0, 0.05) is 11.5 Å². The topological polar surface area (TPSA) is 93.1 Å². The fourth-order valence-electron chi connectivity index (χ4n) is 6.76. The van der Waals surface area contributed by atoms with Crippen molar-refractivity contribution in [2.45, 2.75) is 49.3 Å². The van der Waals surface area contributed by atoms with Gasteiger partial charge < -0.3 is 14.6 Å². The molecule has 2 fully saturated rings. The number of benzene rings is 3. The van der Waals surface area contributed by atoms with Crippen LogP contribution in [0.25, 0.3) is 11.1 Å². The third-order valence-corrected chi connectivity index (χ3v) is 10.8. The predicted molar refractivity (Wildman–Crippen MR) is 144 cm³/mol. The average molecular weight is 606 g/mol. The summed E-state index contributed by atoms with van der Waals surface area (Å²) >= 11 is 0. The number of carboxylic acid groups (broad SMARTS) is 1. The molecule has 42 heavy (non-hydrogen) atoms. The van der Waals surface area contributed by atoms with Crippen molar-refractivity contribution in [3.63, 3.8) is 0 Å². The number of hydrogen-bond donors (Lipinski definition) is 1. The molecule has 0 aromatic heterocycles. The van der Waals surface area contributed by atoms with Crippen LogP contribution in [0.4, 0.5) is 23.2 Å². The summed E-state index contributed by atoms with van der Waals surface area (Å²) in [7, 11) is -3.17. The van der Waals surface area contributed by atoms with Gasteiger partial charge in [0.25, 0.3) is 10.0 Å². The lowest BCUT2D eigenvalue weighted by Crippen LogP contribution is -2.50. The van der Waals surface area contributed by atoms with E-state index in [4.69, 9.17) is 9.47 Å². The van der Waals surface area contributed by atoms with E-state index in [0.717, 1.165) is 22.5 Å². The van der Waals surface area contributed by atoms with Crippen LogP contribution in [0.3, 0.4) is 0 Å². The van der Waals surface area contributed by atoms with E-state index in [2.05, 4.69) is 0 Å². The standard InChI is InChI=1S/C30H27F4NO6S/c1-40-22-12-19(11-21(31)15-22)18-5-6-25-24(13-18)35(42(38,39)23-4-2-3-20(14-23)30(32,33)34)16-26(41-25)28-7-9-29(17-28,10-8-28)27(36)37/h2-6,11-15,26H,7-10,16-17H2,1H3,(H,36,37)/t26-,28?,29?/m1/s1. The number of halogens is 4. The SMILES string of the molecule is COc1cc(F)cc(-c2ccc3c(c2)N(S(=O)(=O)c2cccc(C(F)(F)F)c2)C[C@H](C24CCC(C(=O)O)(CC2)C4)O3)c1. The monoisotopic (exact) mass is 605 g/mol. The van der Waals surface area contributed by atoms with Gasteiger partial charge in [-0.2, -0.15) is 13.2 Å². The van der Waals surface area contributed by atoms with Gasteiger partial charge in [-0.25, -0.2) is 12.8 Å². The summed E-state index contributed by atoms with van der Waals surface area (Å²) < 4.78 is 95.7. The van der Waals surface area contributed by atoms with Crippen LogP contribution in [0.2, 0.25) is 0 Å². The summed E-state index contributed by atoms with van der Waals surface area (Å²) in [5, 5.41) is 9.90. The Balaban J connectivity index is 1.47. The van der Waals surface area contributed by atoms with Gasteiger partial charge in [-0.1, -0.05) is 12.1 Å². The fraction of sp³-hybridized carbons (Fsp3) is 0.367. The summed E-state index contributed by atoms with van der Waals surface area (Å²) in [4.78, 5) is 11.5. The summed E-state index contributed by atoms with van der Waals surface area (Å²) in [5.74, 6) is -1.03. The number of fused-ring (bicyclic) bond motifs is 3. The molecule has 222 valence electrons. The average Bonchev–Trinajstić information content (AvgIpc) is 3.55. The zero-order chi connectivity index (χ0) is 30.1. The second-order valence-electron chi connectivity index (χ2n) is 11.4. The first-order valence-corrected chi connectivity index (χ1v) is 14.8. The first kappa shape index (κ1) is 28.3. The van der Waals surface area contributed by atoms with Gasteiger partial charge in [-0.05, 0) is 85.7 Å². The Hall–Kier alpha value is -3.80. The van der Waals surface area contributed by atoms with Gasteiger partial charge in [-0.3, -0.25) is 9.10 Å². The summed E-state index contributed by atoms with van der Waals surface area (Å²) in [5.41, 5.74) is -1.69.